The molecule has 5 aromatic rings. The second kappa shape index (κ2) is 9.36. The number of nitrogens with zero attached hydrogens (tertiary/aromatic N) is 4. The minimum atomic E-state index is -1.52. The molecule has 2 aromatic carbocycles. The highest BCUT2D eigenvalue weighted by Crippen LogP contribution is 2.29. The number of aryl methyl sites for hydroxylation is 1. The molecule has 9 heteroatoms. The topological polar surface area (TPSA) is 81.8 Å². The fraction of sp³-hybridized carbons (Fsp3) is 0.0800. The Bertz CT molecular complexity index is 1510. The fourth-order valence-electron chi connectivity index (χ4n) is 3.58. The SMILES string of the molecule is Cc1ccc(S(=O)n2cc(NC(=O)c3cnn(Cc4ccccc4)c3)c3cc(Br)cnc32)cc1. The minimum Gasteiger partial charge on any atom is -0.320 e. The van der Waals surface area contributed by atoms with Gasteiger partial charge in [0.25, 0.3) is 5.91 Å². The van der Waals surface area contributed by atoms with Crippen molar-refractivity contribution in [3.8, 4) is 0 Å². The van der Waals surface area contributed by atoms with Gasteiger partial charge in [-0.3, -0.25) is 9.48 Å². The van der Waals surface area contributed by atoms with E-state index in [2.05, 4.69) is 31.3 Å². The summed E-state index contributed by atoms with van der Waals surface area (Å²) in [5.74, 6) is -0.306. The van der Waals surface area contributed by atoms with Crippen LogP contribution in [0, 0.1) is 6.92 Å². The number of pyridine rings is 1. The van der Waals surface area contributed by atoms with Gasteiger partial charge >= 0.3 is 0 Å². The first kappa shape index (κ1) is 22.2. The fourth-order valence-corrected chi connectivity index (χ4v) is 5.01. The molecule has 0 aliphatic heterocycles. The zero-order valence-corrected chi connectivity index (χ0v) is 20.6. The number of aromatic nitrogens is 4. The predicted octanol–water partition coefficient (Wildman–Crippen LogP) is 5.18. The number of anilines is 1. The van der Waals surface area contributed by atoms with Crippen LogP contribution in [0.3, 0.4) is 0 Å². The molecule has 0 spiro atoms. The molecule has 0 aliphatic carbocycles. The van der Waals surface area contributed by atoms with Crippen LogP contribution in [0.15, 0.2) is 94.8 Å². The summed E-state index contributed by atoms with van der Waals surface area (Å²) in [6.45, 7) is 2.55. The normalized spacial score (nSPS) is 12.1. The van der Waals surface area contributed by atoms with Crippen molar-refractivity contribution in [2.24, 2.45) is 0 Å². The summed E-state index contributed by atoms with van der Waals surface area (Å²) < 4.78 is 17.3. The van der Waals surface area contributed by atoms with Gasteiger partial charge in [-0.2, -0.15) is 5.10 Å². The van der Waals surface area contributed by atoms with Crippen LogP contribution in [-0.2, 0) is 17.5 Å². The standard InChI is InChI=1S/C25H20BrN5O2S/c1-17-7-9-21(10-8-17)34(33)31-16-23(22-11-20(26)13-27-24(22)31)29-25(32)19-12-28-30(15-19)14-18-5-3-2-4-6-18/h2-13,15-16H,14H2,1H3,(H,29,32). The number of halogens is 1. The van der Waals surface area contributed by atoms with Gasteiger partial charge in [-0.15, -0.1) is 0 Å². The van der Waals surface area contributed by atoms with Crippen molar-refractivity contribution in [1.82, 2.24) is 18.7 Å². The maximum atomic E-state index is 13.3. The number of carbonyl (C=O) groups is 1. The average Bonchev–Trinajstić information content (AvgIpc) is 3.45. The molecule has 170 valence electrons. The van der Waals surface area contributed by atoms with Crippen molar-refractivity contribution >= 4 is 49.5 Å². The van der Waals surface area contributed by atoms with E-state index in [1.165, 1.54) is 6.20 Å². The van der Waals surface area contributed by atoms with E-state index >= 15 is 0 Å². The summed E-state index contributed by atoms with van der Waals surface area (Å²) in [6, 6.07) is 19.2. The van der Waals surface area contributed by atoms with Crippen LogP contribution in [0.2, 0.25) is 0 Å². The van der Waals surface area contributed by atoms with E-state index in [1.807, 2.05) is 67.6 Å². The lowest BCUT2D eigenvalue weighted by Gasteiger charge is -2.05. The first-order valence-electron chi connectivity index (χ1n) is 10.5. The third-order valence-corrected chi connectivity index (χ3v) is 7.06. The van der Waals surface area contributed by atoms with Crippen LogP contribution in [-0.4, -0.2) is 28.9 Å². The lowest BCUT2D eigenvalue weighted by molar-refractivity contribution is 0.102. The zero-order chi connectivity index (χ0) is 23.7. The number of hydrogen-bond donors (Lipinski definition) is 1. The Morgan fingerprint density at radius 3 is 2.59 bits per heavy atom. The third kappa shape index (κ3) is 4.57. The molecule has 0 fully saturated rings. The number of hydrogen-bond acceptors (Lipinski definition) is 4. The molecule has 1 amide bonds. The Balaban J connectivity index is 1.43. The maximum Gasteiger partial charge on any atom is 0.258 e. The molecule has 0 saturated carbocycles. The summed E-state index contributed by atoms with van der Waals surface area (Å²) in [6.07, 6.45) is 6.55. The summed E-state index contributed by atoms with van der Waals surface area (Å²) in [7, 11) is -1.52. The summed E-state index contributed by atoms with van der Waals surface area (Å²) in [5, 5.41) is 7.93. The quantitative estimate of drug-likeness (QED) is 0.326. The number of fused-ring (bicyclic) bond motifs is 1. The number of amides is 1. The Hall–Kier alpha value is -3.56. The molecule has 7 nitrogen and oxygen atoms in total. The average molecular weight is 534 g/mol. The molecule has 0 bridgehead atoms. The number of carbonyl (C=O) groups excluding carboxylic acids is 1. The highest BCUT2D eigenvalue weighted by molar-refractivity contribution is 9.10. The first-order valence-corrected chi connectivity index (χ1v) is 12.4. The van der Waals surface area contributed by atoms with Crippen LogP contribution in [0.5, 0.6) is 0 Å². The summed E-state index contributed by atoms with van der Waals surface area (Å²) in [4.78, 5) is 18.1. The second-order valence-electron chi connectivity index (χ2n) is 7.82. The molecule has 34 heavy (non-hydrogen) atoms. The summed E-state index contributed by atoms with van der Waals surface area (Å²) in [5.41, 5.74) is 3.64. The molecule has 5 rings (SSSR count). The number of rotatable bonds is 6. The van der Waals surface area contributed by atoms with Crippen molar-refractivity contribution in [1.29, 1.82) is 0 Å². The van der Waals surface area contributed by atoms with Crippen molar-refractivity contribution in [2.75, 3.05) is 5.32 Å². The Morgan fingerprint density at radius 2 is 1.82 bits per heavy atom. The predicted molar refractivity (Wildman–Crippen MR) is 136 cm³/mol. The van der Waals surface area contributed by atoms with Gasteiger partial charge in [-0.25, -0.2) is 13.2 Å². The molecule has 0 aliphatic rings. The van der Waals surface area contributed by atoms with Crippen molar-refractivity contribution in [3.63, 3.8) is 0 Å². The molecular weight excluding hydrogens is 514 g/mol. The Labute approximate surface area is 207 Å². The van der Waals surface area contributed by atoms with Crippen LogP contribution < -0.4 is 5.32 Å². The maximum absolute atomic E-state index is 13.3. The number of benzene rings is 2. The highest BCUT2D eigenvalue weighted by Gasteiger charge is 2.19. The van der Waals surface area contributed by atoms with Crippen LogP contribution in [0.25, 0.3) is 11.0 Å². The van der Waals surface area contributed by atoms with Gasteiger partial charge in [0.1, 0.15) is 0 Å². The molecule has 1 unspecified atom stereocenters. The lowest BCUT2D eigenvalue weighted by atomic mass is 10.2. The van der Waals surface area contributed by atoms with E-state index in [9.17, 15) is 9.00 Å². The second-order valence-corrected chi connectivity index (χ2v) is 10.1. The van der Waals surface area contributed by atoms with Crippen LogP contribution in [0.4, 0.5) is 5.69 Å². The van der Waals surface area contributed by atoms with E-state index in [4.69, 9.17) is 0 Å². The van der Waals surface area contributed by atoms with Gasteiger partial charge in [0.05, 0.1) is 28.9 Å². The lowest BCUT2D eigenvalue weighted by Crippen LogP contribution is -2.11. The Kier molecular flexibility index (Phi) is 6.12. The van der Waals surface area contributed by atoms with Gasteiger partial charge in [-0.05, 0) is 46.6 Å². The van der Waals surface area contributed by atoms with Crippen molar-refractivity contribution in [3.05, 3.63) is 107 Å². The molecule has 1 atom stereocenters. The number of nitrogens with one attached hydrogen (secondary N) is 1. The van der Waals surface area contributed by atoms with Gasteiger partial charge in [0, 0.05) is 28.4 Å². The largest absolute Gasteiger partial charge is 0.320 e. The van der Waals surface area contributed by atoms with Gasteiger partial charge in [0.15, 0.2) is 16.6 Å². The minimum absolute atomic E-state index is 0.306. The van der Waals surface area contributed by atoms with E-state index in [0.29, 0.717) is 33.7 Å². The zero-order valence-electron chi connectivity index (χ0n) is 18.2. The molecule has 3 aromatic heterocycles. The first-order chi connectivity index (χ1) is 16.5. The molecular formula is C25H20BrN5O2S. The van der Waals surface area contributed by atoms with Crippen LogP contribution in [0.1, 0.15) is 21.5 Å². The van der Waals surface area contributed by atoms with E-state index < -0.39 is 11.0 Å². The van der Waals surface area contributed by atoms with E-state index in [-0.39, 0.29) is 5.91 Å². The van der Waals surface area contributed by atoms with Crippen molar-refractivity contribution in [2.45, 2.75) is 18.4 Å². The summed E-state index contributed by atoms with van der Waals surface area (Å²) >= 11 is 3.44. The van der Waals surface area contributed by atoms with Crippen molar-refractivity contribution < 1.29 is 9.00 Å². The van der Waals surface area contributed by atoms with Gasteiger partial charge < -0.3 is 5.32 Å². The third-order valence-electron chi connectivity index (χ3n) is 5.31. The van der Waals surface area contributed by atoms with Gasteiger partial charge in [-0.1, -0.05) is 48.0 Å². The van der Waals surface area contributed by atoms with E-state index in [1.54, 1.807) is 27.2 Å². The molecule has 0 radical (unpaired) electrons. The van der Waals surface area contributed by atoms with E-state index in [0.717, 1.165) is 15.6 Å². The smallest absolute Gasteiger partial charge is 0.258 e. The molecule has 0 saturated heterocycles. The Morgan fingerprint density at radius 1 is 1.06 bits per heavy atom. The highest BCUT2D eigenvalue weighted by atomic mass is 79.9. The van der Waals surface area contributed by atoms with Crippen LogP contribution >= 0.6 is 15.9 Å². The molecule has 1 N–H and O–H groups in total. The monoisotopic (exact) mass is 533 g/mol. The molecule has 3 heterocycles. The van der Waals surface area contributed by atoms with Gasteiger partial charge in [0.2, 0.25) is 0 Å².